The van der Waals surface area contributed by atoms with Crippen molar-refractivity contribution in [3.63, 3.8) is 0 Å². The molecule has 15 atom stereocenters. The highest BCUT2D eigenvalue weighted by Gasteiger charge is 2.85. The van der Waals surface area contributed by atoms with Crippen LogP contribution in [0, 0.1) is 50.7 Å². The molecule has 5 aliphatic carbocycles. The Bertz CT molecular complexity index is 1170. The van der Waals surface area contributed by atoms with E-state index in [1.54, 1.807) is 13.0 Å². The van der Waals surface area contributed by atoms with Crippen molar-refractivity contribution in [1.82, 2.24) is 0 Å². The second-order valence-electron chi connectivity index (χ2n) is 16.8. The van der Waals surface area contributed by atoms with Gasteiger partial charge >= 0.3 is 5.97 Å². The van der Waals surface area contributed by atoms with Gasteiger partial charge in [0.25, 0.3) is 0 Å². The van der Waals surface area contributed by atoms with Crippen LogP contribution in [0.15, 0.2) is 11.6 Å². The number of rotatable bonds is 7. The molecule has 6 fully saturated rings. The third kappa shape index (κ3) is 4.25. The predicted molar refractivity (Wildman–Crippen MR) is 162 cm³/mol. The van der Waals surface area contributed by atoms with E-state index in [2.05, 4.69) is 34.6 Å². The van der Waals surface area contributed by atoms with Gasteiger partial charge in [-0.1, -0.05) is 40.7 Å². The molecule has 1 aliphatic heterocycles. The van der Waals surface area contributed by atoms with Crippen molar-refractivity contribution in [2.75, 3.05) is 6.61 Å². The van der Waals surface area contributed by atoms with E-state index >= 15 is 0 Å². The Kier molecular flexibility index (Phi) is 8.01. The summed E-state index contributed by atoms with van der Waals surface area (Å²) in [6.45, 7) is 12.8. The van der Waals surface area contributed by atoms with Gasteiger partial charge in [0.05, 0.1) is 24.9 Å². The zero-order valence-corrected chi connectivity index (χ0v) is 27.4. The summed E-state index contributed by atoms with van der Waals surface area (Å²) in [5, 5.41) is 64.1. The molecule has 9 nitrogen and oxygen atoms in total. The lowest BCUT2D eigenvalue weighted by atomic mass is 9.40. The molecule has 5 saturated carbocycles. The Hall–Kier alpha value is -1.07. The van der Waals surface area contributed by atoms with Crippen molar-refractivity contribution < 1.29 is 44.9 Å². The fraction of sp³-hybridized carbons (Fsp3) is 0.914. The van der Waals surface area contributed by atoms with Crippen LogP contribution in [0.25, 0.3) is 0 Å². The molecule has 9 heteroatoms. The minimum atomic E-state index is -1.31. The van der Waals surface area contributed by atoms with Crippen LogP contribution < -0.4 is 0 Å². The number of carboxylic acids is 1. The third-order valence-electron chi connectivity index (χ3n) is 15.1. The average molecular weight is 621 g/mol. The minimum Gasteiger partial charge on any atom is -0.478 e. The molecule has 44 heavy (non-hydrogen) atoms. The topological polar surface area (TPSA) is 157 Å². The molecule has 0 unspecified atom stereocenters. The number of carbonyl (C=O) groups is 1. The Morgan fingerprint density at radius 3 is 2.32 bits per heavy atom. The summed E-state index contributed by atoms with van der Waals surface area (Å²) in [6, 6.07) is 0. The normalized spacial score (nSPS) is 53.6. The maximum Gasteiger partial charge on any atom is 0.330 e. The minimum absolute atomic E-state index is 0.0204. The van der Waals surface area contributed by atoms with Gasteiger partial charge in [0.1, 0.15) is 18.3 Å². The standard InChI is InChI=1S/C35H56O9/c1-18(8-7-9-19(2)29(41)42)20-14-24(37)33(6)23-11-10-22-31(3,4)26(44-30-28(40)27(39)21(36)16-43-30)12-13-34(22)17-35(23,34)15-25(38)32(20,33)5/h9,18,20-28,30,36-40H,7-8,10-17H2,1-6H3,(H,41,42)/b19-9+/t18-,20-,21-,22+,23+,24-,25-,26+,27-,28-,30-,32+,33-,34-,35-/m1/s1. The van der Waals surface area contributed by atoms with Crippen LogP contribution in [-0.4, -0.2) is 86.1 Å². The van der Waals surface area contributed by atoms with E-state index in [1.807, 2.05) is 0 Å². The predicted octanol–water partition coefficient (Wildman–Crippen LogP) is 3.64. The quantitative estimate of drug-likeness (QED) is 0.185. The number of hydrogen-bond donors (Lipinski definition) is 6. The number of carboxylic acid groups (broad SMARTS) is 1. The van der Waals surface area contributed by atoms with Crippen molar-refractivity contribution >= 4 is 5.97 Å². The number of ether oxygens (including phenoxy) is 2. The summed E-state index contributed by atoms with van der Waals surface area (Å²) in [5.41, 5.74) is -0.658. The van der Waals surface area contributed by atoms with Gasteiger partial charge in [-0.2, -0.15) is 0 Å². The summed E-state index contributed by atoms with van der Waals surface area (Å²) in [7, 11) is 0. The van der Waals surface area contributed by atoms with Crippen molar-refractivity contribution in [2.45, 2.75) is 142 Å². The molecule has 0 aromatic rings. The van der Waals surface area contributed by atoms with E-state index in [4.69, 9.17) is 9.47 Å². The number of hydrogen-bond acceptors (Lipinski definition) is 8. The molecular formula is C35H56O9. The Labute approximate surface area is 262 Å². The lowest BCUT2D eigenvalue weighted by molar-refractivity contribution is -0.304. The van der Waals surface area contributed by atoms with Crippen LogP contribution in [0.1, 0.15) is 99.3 Å². The van der Waals surface area contributed by atoms with E-state index < -0.39 is 53.6 Å². The highest BCUT2D eigenvalue weighted by Crippen LogP contribution is 2.89. The summed E-state index contributed by atoms with van der Waals surface area (Å²) >= 11 is 0. The monoisotopic (exact) mass is 620 g/mol. The molecule has 0 aromatic carbocycles. The molecular weight excluding hydrogens is 564 g/mol. The first kappa shape index (κ1) is 32.9. The van der Waals surface area contributed by atoms with E-state index in [1.165, 1.54) is 0 Å². The van der Waals surface area contributed by atoms with Crippen molar-refractivity contribution in [1.29, 1.82) is 0 Å². The Morgan fingerprint density at radius 2 is 1.64 bits per heavy atom. The first-order valence-electron chi connectivity index (χ1n) is 17.1. The first-order valence-corrected chi connectivity index (χ1v) is 17.1. The molecule has 1 heterocycles. The molecule has 2 spiro atoms. The van der Waals surface area contributed by atoms with Gasteiger partial charge in [-0.15, -0.1) is 0 Å². The fourth-order valence-corrected chi connectivity index (χ4v) is 12.5. The van der Waals surface area contributed by atoms with Gasteiger partial charge in [-0.05, 0) is 105 Å². The van der Waals surface area contributed by atoms with Gasteiger partial charge in [0, 0.05) is 16.4 Å². The first-order chi connectivity index (χ1) is 20.5. The van der Waals surface area contributed by atoms with Gasteiger partial charge in [0.15, 0.2) is 6.29 Å². The summed E-state index contributed by atoms with van der Waals surface area (Å²) in [5.74, 6) is 0.175. The summed E-state index contributed by atoms with van der Waals surface area (Å²) in [4.78, 5) is 11.3. The Morgan fingerprint density at radius 1 is 0.955 bits per heavy atom. The third-order valence-corrected chi connectivity index (χ3v) is 15.1. The smallest absolute Gasteiger partial charge is 0.330 e. The van der Waals surface area contributed by atoms with Crippen LogP contribution in [0.2, 0.25) is 0 Å². The van der Waals surface area contributed by atoms with Gasteiger partial charge in [-0.25, -0.2) is 4.79 Å². The summed E-state index contributed by atoms with van der Waals surface area (Å²) < 4.78 is 12.0. The second kappa shape index (κ2) is 10.7. The number of fused-ring (bicyclic) bond motifs is 2. The second-order valence-corrected chi connectivity index (χ2v) is 16.8. The highest BCUT2D eigenvalue weighted by molar-refractivity contribution is 5.85. The van der Waals surface area contributed by atoms with Crippen LogP contribution >= 0.6 is 0 Å². The Balaban J connectivity index is 1.22. The highest BCUT2D eigenvalue weighted by atomic mass is 16.7. The maximum absolute atomic E-state index is 12.2. The van der Waals surface area contributed by atoms with E-state index in [0.29, 0.717) is 30.3 Å². The molecule has 0 amide bonds. The van der Waals surface area contributed by atoms with Crippen molar-refractivity contribution in [2.24, 2.45) is 50.7 Å². The molecule has 0 radical (unpaired) electrons. The average Bonchev–Trinajstić information content (AvgIpc) is 3.56. The molecule has 6 rings (SSSR count). The zero-order chi connectivity index (χ0) is 32.2. The van der Waals surface area contributed by atoms with Crippen LogP contribution in [0.3, 0.4) is 0 Å². The van der Waals surface area contributed by atoms with Crippen LogP contribution in [0.5, 0.6) is 0 Å². The fourth-order valence-electron chi connectivity index (χ4n) is 12.5. The van der Waals surface area contributed by atoms with E-state index in [0.717, 1.165) is 44.9 Å². The van der Waals surface area contributed by atoms with Crippen molar-refractivity contribution in [3.8, 4) is 0 Å². The molecule has 250 valence electrons. The van der Waals surface area contributed by atoms with E-state index in [9.17, 15) is 35.4 Å². The summed E-state index contributed by atoms with van der Waals surface area (Å²) in [6.07, 6.45) is 3.61. The number of allylic oxidation sites excluding steroid dienone is 1. The molecule has 0 aromatic heterocycles. The van der Waals surface area contributed by atoms with E-state index in [-0.39, 0.29) is 40.8 Å². The number of aliphatic hydroxyl groups excluding tert-OH is 5. The molecule has 1 saturated heterocycles. The molecule has 6 aliphatic rings. The van der Waals surface area contributed by atoms with Crippen LogP contribution in [-0.2, 0) is 14.3 Å². The lowest BCUT2D eigenvalue weighted by Gasteiger charge is -2.65. The van der Waals surface area contributed by atoms with Crippen molar-refractivity contribution in [3.05, 3.63) is 11.6 Å². The largest absolute Gasteiger partial charge is 0.478 e. The number of aliphatic hydroxyl groups is 5. The lowest BCUT2D eigenvalue weighted by Crippen LogP contribution is -2.64. The van der Waals surface area contributed by atoms with Gasteiger partial charge in [-0.3, -0.25) is 0 Å². The molecule has 0 bridgehead atoms. The van der Waals surface area contributed by atoms with Crippen LogP contribution in [0.4, 0.5) is 0 Å². The van der Waals surface area contributed by atoms with Gasteiger partial charge < -0.3 is 40.1 Å². The number of aliphatic carboxylic acids is 1. The maximum atomic E-state index is 12.2. The van der Waals surface area contributed by atoms with Gasteiger partial charge in [0.2, 0.25) is 0 Å². The zero-order valence-electron chi connectivity index (χ0n) is 27.4. The SMILES string of the molecule is C/C(=C\CC[C@@H](C)[C@H]1C[C@@H](O)[C@@]2(C)[C@@H]3CC[C@H]4C(C)(C)[C@@H](O[C@H]5OC[C@@H](O)[C@@H](O)[C@H]5O)CC[C@@]45C[C@]35C[C@@H](O)[C@]12C)C(=O)O. The molecule has 6 N–H and O–H groups in total.